The van der Waals surface area contributed by atoms with Crippen LogP contribution in [0.5, 0.6) is 0 Å². The zero-order chi connectivity index (χ0) is 19.2. The van der Waals surface area contributed by atoms with Crippen molar-refractivity contribution in [3.05, 3.63) is 38.6 Å². The molecule has 0 unspecified atom stereocenters. The van der Waals surface area contributed by atoms with Crippen LogP contribution in [0.1, 0.15) is 44.0 Å². The quantitative estimate of drug-likeness (QED) is 0.694. The summed E-state index contributed by atoms with van der Waals surface area (Å²) >= 11 is 5.27. The van der Waals surface area contributed by atoms with E-state index >= 15 is 0 Å². The molecule has 0 spiro atoms. The van der Waals surface area contributed by atoms with Gasteiger partial charge in [-0.25, -0.2) is 13.8 Å². The molecule has 138 valence electrons. The highest BCUT2D eigenvalue weighted by molar-refractivity contribution is 7.71. The molecule has 3 rings (SSSR count). The number of aromatic amines is 1. The number of pyridine rings is 1. The van der Waals surface area contributed by atoms with Gasteiger partial charge in [0.25, 0.3) is 12.0 Å². The maximum absolute atomic E-state index is 13.8. The number of aryl methyl sites for hydroxylation is 2. The first-order chi connectivity index (χ1) is 12.2. The van der Waals surface area contributed by atoms with E-state index in [1.54, 1.807) is 29.4 Å². The second-order valence-corrected chi connectivity index (χ2v) is 6.67. The molecule has 0 radical (unpaired) electrons. The number of nitrogens with one attached hydrogen (secondary N) is 1. The standard InChI is InChI=1S/C17H19F2N5OS/c1-5-8(2)24-15-13(16(25)21-17(24)26)10(14(18)19)6-12(20-15)11-7-23(4)22-9(11)3/h6-8,14H,5H2,1-4H3,(H,21,25,26)/t8-/m0/s1. The van der Waals surface area contributed by atoms with Crippen LogP contribution in [0.3, 0.4) is 0 Å². The first-order valence-corrected chi connectivity index (χ1v) is 8.63. The molecule has 0 aliphatic heterocycles. The van der Waals surface area contributed by atoms with Gasteiger partial charge in [-0.15, -0.1) is 0 Å². The van der Waals surface area contributed by atoms with Gasteiger partial charge in [0.15, 0.2) is 4.77 Å². The Morgan fingerprint density at radius 1 is 1.38 bits per heavy atom. The van der Waals surface area contributed by atoms with Gasteiger partial charge in [0.2, 0.25) is 0 Å². The van der Waals surface area contributed by atoms with Crippen molar-refractivity contribution in [2.75, 3.05) is 0 Å². The highest BCUT2D eigenvalue weighted by Gasteiger charge is 2.22. The summed E-state index contributed by atoms with van der Waals surface area (Å²) in [7, 11) is 1.75. The fourth-order valence-electron chi connectivity index (χ4n) is 3.03. The van der Waals surface area contributed by atoms with Crippen molar-refractivity contribution >= 4 is 23.3 Å². The molecule has 0 saturated heterocycles. The van der Waals surface area contributed by atoms with E-state index in [0.29, 0.717) is 23.4 Å². The van der Waals surface area contributed by atoms with E-state index < -0.39 is 12.0 Å². The van der Waals surface area contributed by atoms with Gasteiger partial charge in [0.1, 0.15) is 5.65 Å². The van der Waals surface area contributed by atoms with Crippen LogP contribution in [0.25, 0.3) is 22.3 Å². The summed E-state index contributed by atoms with van der Waals surface area (Å²) in [5.74, 6) is 0. The molecule has 0 amide bonds. The predicted octanol–water partition coefficient (Wildman–Crippen LogP) is 4.07. The smallest absolute Gasteiger partial charge is 0.264 e. The molecule has 0 fully saturated rings. The highest BCUT2D eigenvalue weighted by atomic mass is 32.1. The van der Waals surface area contributed by atoms with Crippen molar-refractivity contribution in [3.63, 3.8) is 0 Å². The van der Waals surface area contributed by atoms with Gasteiger partial charge in [0.05, 0.1) is 16.8 Å². The van der Waals surface area contributed by atoms with Crippen molar-refractivity contribution in [2.24, 2.45) is 7.05 Å². The first-order valence-electron chi connectivity index (χ1n) is 8.22. The molecule has 26 heavy (non-hydrogen) atoms. The molecule has 3 heterocycles. The van der Waals surface area contributed by atoms with Crippen molar-refractivity contribution < 1.29 is 8.78 Å². The van der Waals surface area contributed by atoms with Crippen molar-refractivity contribution in [1.29, 1.82) is 0 Å². The molecular formula is C17H19F2N5OS. The Hall–Kier alpha value is -2.42. The van der Waals surface area contributed by atoms with E-state index in [-0.39, 0.29) is 27.4 Å². The van der Waals surface area contributed by atoms with Gasteiger partial charge in [-0.1, -0.05) is 6.92 Å². The molecule has 0 aliphatic carbocycles. The third kappa shape index (κ3) is 2.96. The van der Waals surface area contributed by atoms with Crippen LogP contribution in [0.2, 0.25) is 0 Å². The van der Waals surface area contributed by atoms with Crippen LogP contribution in [0.4, 0.5) is 8.78 Å². The molecule has 0 bridgehead atoms. The predicted molar refractivity (Wildman–Crippen MR) is 98.1 cm³/mol. The van der Waals surface area contributed by atoms with Crippen LogP contribution >= 0.6 is 12.2 Å². The fourth-order valence-corrected chi connectivity index (χ4v) is 3.39. The number of alkyl halides is 2. The number of aromatic nitrogens is 5. The van der Waals surface area contributed by atoms with E-state index in [9.17, 15) is 13.6 Å². The Balaban J connectivity index is 2.50. The molecule has 9 heteroatoms. The molecule has 6 nitrogen and oxygen atoms in total. The number of hydrogen-bond donors (Lipinski definition) is 1. The number of rotatable bonds is 4. The summed E-state index contributed by atoms with van der Waals surface area (Å²) in [6.07, 6.45) is -0.399. The van der Waals surface area contributed by atoms with Crippen molar-refractivity contribution in [1.82, 2.24) is 24.3 Å². The average Bonchev–Trinajstić information content (AvgIpc) is 2.91. The largest absolute Gasteiger partial charge is 0.300 e. The molecule has 0 saturated carbocycles. The second kappa shape index (κ2) is 6.71. The van der Waals surface area contributed by atoms with Crippen LogP contribution in [-0.4, -0.2) is 24.3 Å². The number of nitrogens with zero attached hydrogens (tertiary/aromatic N) is 4. The Labute approximate surface area is 153 Å². The van der Waals surface area contributed by atoms with Crippen molar-refractivity contribution in [3.8, 4) is 11.3 Å². The summed E-state index contributed by atoms with van der Waals surface area (Å²) < 4.78 is 30.9. The lowest BCUT2D eigenvalue weighted by molar-refractivity contribution is 0.153. The molecule has 3 aromatic heterocycles. The minimum atomic E-state index is -2.82. The lowest BCUT2D eigenvalue weighted by atomic mass is 10.1. The van der Waals surface area contributed by atoms with E-state index in [4.69, 9.17) is 12.2 Å². The van der Waals surface area contributed by atoms with E-state index in [2.05, 4.69) is 15.1 Å². The number of H-pyrrole nitrogens is 1. The van der Waals surface area contributed by atoms with Gasteiger partial charge in [-0.2, -0.15) is 5.10 Å². The lowest BCUT2D eigenvalue weighted by Gasteiger charge is -2.18. The molecule has 3 aromatic rings. The third-order valence-electron chi connectivity index (χ3n) is 4.48. The van der Waals surface area contributed by atoms with Gasteiger partial charge in [-0.3, -0.25) is 19.0 Å². The first kappa shape index (κ1) is 18.4. The summed E-state index contributed by atoms with van der Waals surface area (Å²) in [5, 5.41) is 4.12. The van der Waals surface area contributed by atoms with Gasteiger partial charge >= 0.3 is 0 Å². The highest BCUT2D eigenvalue weighted by Crippen LogP contribution is 2.31. The van der Waals surface area contributed by atoms with Crippen LogP contribution in [-0.2, 0) is 7.05 Å². The summed E-state index contributed by atoms with van der Waals surface area (Å²) in [4.78, 5) is 19.4. The van der Waals surface area contributed by atoms with E-state index in [0.717, 1.165) is 0 Å². The Bertz CT molecular complexity index is 1100. The van der Waals surface area contributed by atoms with Gasteiger partial charge < -0.3 is 0 Å². The molecule has 0 aromatic carbocycles. The van der Waals surface area contributed by atoms with Crippen LogP contribution < -0.4 is 5.56 Å². The second-order valence-electron chi connectivity index (χ2n) is 6.28. The molecule has 0 aliphatic rings. The SMILES string of the molecule is CC[C@H](C)n1c(=S)[nH]c(=O)c2c(C(F)F)cc(-c3cn(C)nc3C)nc21. The van der Waals surface area contributed by atoms with E-state index in [1.165, 1.54) is 6.07 Å². The molecular weight excluding hydrogens is 360 g/mol. The van der Waals surface area contributed by atoms with Crippen molar-refractivity contribution in [2.45, 2.75) is 39.7 Å². The number of fused-ring (bicyclic) bond motifs is 1. The lowest BCUT2D eigenvalue weighted by Crippen LogP contribution is -2.19. The maximum atomic E-state index is 13.8. The zero-order valence-corrected chi connectivity index (χ0v) is 15.7. The summed E-state index contributed by atoms with van der Waals surface area (Å²) in [6, 6.07) is 1.15. The monoisotopic (exact) mass is 379 g/mol. The van der Waals surface area contributed by atoms with Crippen LogP contribution in [0, 0.1) is 11.7 Å². The number of halogens is 2. The number of hydrogen-bond acceptors (Lipinski definition) is 4. The Kier molecular flexibility index (Phi) is 4.74. The van der Waals surface area contributed by atoms with Gasteiger partial charge in [0, 0.05) is 30.4 Å². The Morgan fingerprint density at radius 3 is 2.62 bits per heavy atom. The summed E-state index contributed by atoms with van der Waals surface area (Å²) in [5.41, 5.74) is 0.805. The zero-order valence-electron chi connectivity index (χ0n) is 14.9. The van der Waals surface area contributed by atoms with Gasteiger partial charge in [-0.05, 0) is 38.6 Å². The van der Waals surface area contributed by atoms with E-state index in [1.807, 2.05) is 13.8 Å². The summed E-state index contributed by atoms with van der Waals surface area (Å²) in [6.45, 7) is 5.63. The third-order valence-corrected chi connectivity index (χ3v) is 4.78. The molecule has 1 atom stereocenters. The maximum Gasteiger partial charge on any atom is 0.264 e. The topological polar surface area (TPSA) is 68.5 Å². The molecule has 1 N–H and O–H groups in total. The average molecular weight is 379 g/mol. The minimum Gasteiger partial charge on any atom is -0.300 e. The normalized spacial score (nSPS) is 12.9. The fraction of sp³-hybridized carbons (Fsp3) is 0.412. The minimum absolute atomic E-state index is 0.106. The van der Waals surface area contributed by atoms with Crippen LogP contribution in [0.15, 0.2) is 17.1 Å². The Morgan fingerprint density at radius 2 is 2.08 bits per heavy atom.